The first-order valence-corrected chi connectivity index (χ1v) is 10.2. The van der Waals surface area contributed by atoms with Gasteiger partial charge in [0.2, 0.25) is 0 Å². The lowest BCUT2D eigenvalue weighted by atomic mass is 9.85. The van der Waals surface area contributed by atoms with Crippen molar-refractivity contribution in [3.63, 3.8) is 0 Å². The maximum Gasteiger partial charge on any atom is 0.331 e. The zero-order valence-corrected chi connectivity index (χ0v) is 15.6. The second kappa shape index (κ2) is 6.44. The number of carboxylic acids is 1. The molecular weight excluding hydrogens is 268 g/mol. The van der Waals surface area contributed by atoms with Gasteiger partial charge >= 0.3 is 5.97 Å². The summed E-state index contributed by atoms with van der Waals surface area (Å²) >= 11 is 0. The van der Waals surface area contributed by atoms with Gasteiger partial charge in [0.25, 0.3) is 0 Å². The van der Waals surface area contributed by atoms with E-state index < -0.39 is 14.3 Å². The van der Waals surface area contributed by atoms with E-state index in [0.717, 1.165) is 0 Å². The Morgan fingerprint density at radius 3 is 1.95 bits per heavy atom. The summed E-state index contributed by atoms with van der Waals surface area (Å²) in [5, 5.41) is 9.45. The van der Waals surface area contributed by atoms with Crippen LogP contribution in [0.25, 0.3) is 0 Å². The molecule has 0 aliphatic heterocycles. The standard InChI is InChI=1S/C16H32O3Si/c1-12(19-20(8,9)16(5,6)7)10-11-13(14(17)18)15(2,3)4/h11-12H,10H2,1-9H3,(H,17,18)/t12-/m0/s1. The molecule has 0 unspecified atom stereocenters. The molecule has 4 heteroatoms. The van der Waals surface area contributed by atoms with Crippen molar-refractivity contribution in [3.05, 3.63) is 11.6 Å². The van der Waals surface area contributed by atoms with Gasteiger partial charge in [0.15, 0.2) is 8.32 Å². The average Bonchev–Trinajstić information content (AvgIpc) is 2.11. The van der Waals surface area contributed by atoms with Crippen molar-refractivity contribution in [1.82, 2.24) is 0 Å². The molecule has 0 aliphatic rings. The summed E-state index contributed by atoms with van der Waals surface area (Å²) in [5.41, 5.74) is 0.117. The maximum atomic E-state index is 11.3. The maximum absolute atomic E-state index is 11.3. The van der Waals surface area contributed by atoms with E-state index in [1.54, 1.807) is 0 Å². The zero-order chi connectivity index (χ0) is 16.4. The Balaban J connectivity index is 4.86. The predicted molar refractivity (Wildman–Crippen MR) is 87.5 cm³/mol. The fraction of sp³-hybridized carbons (Fsp3) is 0.812. The van der Waals surface area contributed by atoms with Gasteiger partial charge < -0.3 is 9.53 Å². The SMILES string of the molecule is C[C@@H](CC=C(C(=O)O)C(C)(C)C)O[Si](C)(C)C(C)(C)C. The molecular formula is C16H32O3Si. The number of carboxylic acid groups (broad SMARTS) is 1. The molecule has 20 heavy (non-hydrogen) atoms. The van der Waals surface area contributed by atoms with Crippen LogP contribution in [0.1, 0.15) is 54.9 Å². The van der Waals surface area contributed by atoms with Crippen LogP contribution in [0.4, 0.5) is 0 Å². The molecule has 0 saturated heterocycles. The minimum absolute atomic E-state index is 0.0487. The molecule has 118 valence electrons. The molecule has 3 nitrogen and oxygen atoms in total. The Kier molecular flexibility index (Phi) is 6.24. The van der Waals surface area contributed by atoms with E-state index in [1.165, 1.54) is 0 Å². The molecule has 0 amide bonds. The molecule has 0 aromatic heterocycles. The second-order valence-corrected chi connectivity index (χ2v) is 12.9. The van der Waals surface area contributed by atoms with Crippen LogP contribution in [0.15, 0.2) is 11.6 Å². The molecule has 0 rings (SSSR count). The Bertz CT molecular complexity index is 370. The highest BCUT2D eigenvalue weighted by molar-refractivity contribution is 6.74. The summed E-state index contributed by atoms with van der Waals surface area (Å²) in [7, 11) is -1.79. The summed E-state index contributed by atoms with van der Waals surface area (Å²) in [4.78, 5) is 11.3. The minimum Gasteiger partial charge on any atom is -0.478 e. The summed E-state index contributed by atoms with van der Waals surface area (Å²) in [6.07, 6.45) is 2.51. The van der Waals surface area contributed by atoms with Gasteiger partial charge in [-0.15, -0.1) is 0 Å². The third-order valence-corrected chi connectivity index (χ3v) is 8.60. The number of hydrogen-bond acceptors (Lipinski definition) is 2. The lowest BCUT2D eigenvalue weighted by molar-refractivity contribution is -0.133. The Hall–Kier alpha value is -0.613. The summed E-state index contributed by atoms with van der Waals surface area (Å²) < 4.78 is 6.25. The normalized spacial score (nSPS) is 16.1. The highest BCUT2D eigenvalue weighted by atomic mass is 28.4. The van der Waals surface area contributed by atoms with Gasteiger partial charge in [-0.3, -0.25) is 0 Å². The molecule has 0 spiro atoms. The van der Waals surface area contributed by atoms with Crippen LogP contribution >= 0.6 is 0 Å². The van der Waals surface area contributed by atoms with Crippen molar-refractivity contribution in [2.75, 3.05) is 0 Å². The van der Waals surface area contributed by atoms with Gasteiger partial charge in [0.1, 0.15) is 0 Å². The van der Waals surface area contributed by atoms with Gasteiger partial charge in [-0.2, -0.15) is 0 Å². The van der Waals surface area contributed by atoms with E-state index >= 15 is 0 Å². The third kappa shape index (κ3) is 5.79. The van der Waals surface area contributed by atoms with E-state index in [4.69, 9.17) is 4.43 Å². The third-order valence-electron chi connectivity index (χ3n) is 3.99. The van der Waals surface area contributed by atoms with Crippen LogP contribution in [-0.2, 0) is 9.22 Å². The van der Waals surface area contributed by atoms with Crippen LogP contribution in [0.3, 0.4) is 0 Å². The van der Waals surface area contributed by atoms with E-state index in [-0.39, 0.29) is 16.6 Å². The van der Waals surface area contributed by atoms with Gasteiger partial charge in [-0.05, 0) is 36.9 Å². The van der Waals surface area contributed by atoms with E-state index in [9.17, 15) is 9.90 Å². The second-order valence-electron chi connectivity index (χ2n) is 8.10. The van der Waals surface area contributed by atoms with Crippen molar-refractivity contribution < 1.29 is 14.3 Å². The number of hydrogen-bond donors (Lipinski definition) is 1. The van der Waals surface area contributed by atoms with Gasteiger partial charge in [0, 0.05) is 11.7 Å². The quantitative estimate of drug-likeness (QED) is 0.583. The fourth-order valence-corrected chi connectivity index (χ4v) is 3.18. The van der Waals surface area contributed by atoms with E-state index in [0.29, 0.717) is 12.0 Å². The molecule has 0 bridgehead atoms. The first-order chi connectivity index (χ1) is 8.68. The topological polar surface area (TPSA) is 46.5 Å². The highest BCUT2D eigenvalue weighted by Crippen LogP contribution is 2.37. The van der Waals surface area contributed by atoms with E-state index in [2.05, 4.69) is 33.9 Å². The van der Waals surface area contributed by atoms with Gasteiger partial charge in [0.05, 0.1) is 0 Å². The number of rotatable bonds is 5. The van der Waals surface area contributed by atoms with E-state index in [1.807, 2.05) is 33.8 Å². The summed E-state index contributed by atoms with van der Waals surface area (Å²) in [6, 6.07) is 0. The van der Waals surface area contributed by atoms with Crippen LogP contribution in [0.2, 0.25) is 18.1 Å². The van der Waals surface area contributed by atoms with Crippen molar-refractivity contribution in [2.24, 2.45) is 5.41 Å². The lowest BCUT2D eigenvalue weighted by Gasteiger charge is -2.38. The first-order valence-electron chi connectivity index (χ1n) is 7.30. The molecule has 0 fully saturated rings. The number of aliphatic carboxylic acids is 1. The van der Waals surface area contributed by atoms with Crippen LogP contribution in [-0.4, -0.2) is 25.5 Å². The first kappa shape index (κ1) is 19.4. The average molecular weight is 301 g/mol. The fourth-order valence-electron chi connectivity index (χ4n) is 1.73. The van der Waals surface area contributed by atoms with Crippen LogP contribution in [0.5, 0.6) is 0 Å². The highest BCUT2D eigenvalue weighted by Gasteiger charge is 2.38. The minimum atomic E-state index is -1.79. The van der Waals surface area contributed by atoms with Crippen molar-refractivity contribution >= 4 is 14.3 Å². The van der Waals surface area contributed by atoms with Crippen LogP contribution < -0.4 is 0 Å². The lowest BCUT2D eigenvalue weighted by Crippen LogP contribution is -2.43. The monoisotopic (exact) mass is 300 g/mol. The molecule has 0 heterocycles. The Morgan fingerprint density at radius 2 is 1.65 bits per heavy atom. The Morgan fingerprint density at radius 1 is 1.20 bits per heavy atom. The summed E-state index contributed by atoms with van der Waals surface area (Å²) in [6.45, 7) is 18.9. The van der Waals surface area contributed by atoms with Crippen molar-refractivity contribution in [1.29, 1.82) is 0 Å². The zero-order valence-electron chi connectivity index (χ0n) is 14.6. The molecule has 1 atom stereocenters. The molecule has 0 aliphatic carbocycles. The molecule has 1 N–H and O–H groups in total. The Labute approximate surface area is 125 Å². The molecule has 0 aromatic carbocycles. The largest absolute Gasteiger partial charge is 0.478 e. The number of carbonyl (C=O) groups is 1. The van der Waals surface area contributed by atoms with Crippen molar-refractivity contribution in [3.8, 4) is 0 Å². The summed E-state index contributed by atoms with van der Waals surface area (Å²) in [5.74, 6) is -0.836. The van der Waals surface area contributed by atoms with Gasteiger partial charge in [-0.25, -0.2) is 4.79 Å². The molecule has 0 aromatic rings. The molecule has 0 saturated carbocycles. The van der Waals surface area contributed by atoms with Crippen LogP contribution in [0, 0.1) is 5.41 Å². The smallest absolute Gasteiger partial charge is 0.331 e. The molecule has 0 radical (unpaired) electrons. The van der Waals surface area contributed by atoms with Crippen molar-refractivity contribution in [2.45, 2.75) is 79.1 Å². The predicted octanol–water partition coefficient (Wildman–Crippen LogP) is 4.84. The van der Waals surface area contributed by atoms with Gasteiger partial charge in [-0.1, -0.05) is 47.6 Å².